The molecule has 7 nitrogen and oxygen atoms in total. The van der Waals surface area contributed by atoms with E-state index in [0.29, 0.717) is 37.1 Å². The lowest BCUT2D eigenvalue weighted by atomic mass is 9.97. The number of hydrogen-bond acceptors (Lipinski definition) is 7. The molecular formula is C13H20N4O3. The van der Waals surface area contributed by atoms with Crippen molar-refractivity contribution in [2.24, 2.45) is 5.92 Å². The molecule has 0 saturated carbocycles. The highest BCUT2D eigenvalue weighted by atomic mass is 16.5. The number of hydrogen-bond donors (Lipinski definition) is 1. The lowest BCUT2D eigenvalue weighted by Gasteiger charge is -2.32. The van der Waals surface area contributed by atoms with E-state index in [1.54, 1.807) is 0 Å². The summed E-state index contributed by atoms with van der Waals surface area (Å²) in [6.45, 7) is 3.81. The highest BCUT2D eigenvalue weighted by Crippen LogP contribution is 2.31. The van der Waals surface area contributed by atoms with Crippen LogP contribution in [0.15, 0.2) is 6.33 Å². The van der Waals surface area contributed by atoms with E-state index in [-0.39, 0.29) is 11.9 Å². The second-order valence-corrected chi connectivity index (χ2v) is 4.63. The van der Waals surface area contributed by atoms with Gasteiger partial charge in [-0.2, -0.15) is 4.98 Å². The first-order valence-corrected chi connectivity index (χ1v) is 6.73. The zero-order valence-electron chi connectivity index (χ0n) is 11.8. The van der Waals surface area contributed by atoms with Crippen LogP contribution < -0.4 is 15.4 Å². The number of nitrogens with two attached hydrogens (primary N) is 1. The summed E-state index contributed by atoms with van der Waals surface area (Å²) in [6.07, 6.45) is 2.92. The van der Waals surface area contributed by atoms with E-state index in [1.807, 2.05) is 6.92 Å². The van der Waals surface area contributed by atoms with Crippen molar-refractivity contribution >= 4 is 17.5 Å². The maximum atomic E-state index is 11.5. The molecule has 1 saturated heterocycles. The van der Waals surface area contributed by atoms with E-state index in [9.17, 15) is 4.79 Å². The Morgan fingerprint density at radius 2 is 2.15 bits per heavy atom. The molecule has 110 valence electrons. The number of carbonyl (C=O) groups excluding carboxylic acids is 1. The van der Waals surface area contributed by atoms with Crippen LogP contribution in [0.4, 0.5) is 11.5 Å². The molecule has 0 spiro atoms. The Labute approximate surface area is 118 Å². The fourth-order valence-corrected chi connectivity index (χ4v) is 2.37. The minimum atomic E-state index is -0.143. The van der Waals surface area contributed by atoms with E-state index < -0.39 is 0 Å². The van der Waals surface area contributed by atoms with Crippen LogP contribution in [-0.4, -0.2) is 42.7 Å². The van der Waals surface area contributed by atoms with Crippen LogP contribution in [0, 0.1) is 5.92 Å². The molecule has 1 aromatic heterocycles. The topological polar surface area (TPSA) is 90.6 Å². The maximum absolute atomic E-state index is 11.5. The molecule has 2 heterocycles. The van der Waals surface area contributed by atoms with Gasteiger partial charge in [-0.1, -0.05) is 0 Å². The molecule has 2 N–H and O–H groups in total. The summed E-state index contributed by atoms with van der Waals surface area (Å²) >= 11 is 0. The Hall–Kier alpha value is -2.05. The summed E-state index contributed by atoms with van der Waals surface area (Å²) in [5.41, 5.74) is 6.49. The number of aromatic nitrogens is 2. The van der Waals surface area contributed by atoms with E-state index in [4.69, 9.17) is 15.2 Å². The molecule has 1 fully saturated rings. The number of carbonyl (C=O) groups is 1. The molecule has 20 heavy (non-hydrogen) atoms. The molecule has 0 unspecified atom stereocenters. The fraction of sp³-hybridized carbons (Fsp3) is 0.615. The molecule has 2 rings (SSSR count). The van der Waals surface area contributed by atoms with Crippen LogP contribution in [-0.2, 0) is 9.53 Å². The van der Waals surface area contributed by atoms with Crippen molar-refractivity contribution in [3.63, 3.8) is 0 Å². The Bertz CT molecular complexity index is 473. The molecule has 0 aliphatic carbocycles. The van der Waals surface area contributed by atoms with Crippen molar-refractivity contribution in [1.29, 1.82) is 0 Å². The number of rotatable bonds is 4. The van der Waals surface area contributed by atoms with E-state index in [2.05, 4.69) is 14.9 Å². The number of anilines is 2. The third-order valence-corrected chi connectivity index (χ3v) is 3.44. The Kier molecular flexibility index (Phi) is 4.60. The number of ether oxygens (including phenoxy) is 2. The van der Waals surface area contributed by atoms with Gasteiger partial charge in [0.05, 0.1) is 19.6 Å². The Morgan fingerprint density at radius 3 is 2.75 bits per heavy atom. The smallest absolute Gasteiger partial charge is 0.308 e. The third kappa shape index (κ3) is 2.92. The van der Waals surface area contributed by atoms with Crippen molar-refractivity contribution in [3.05, 3.63) is 6.33 Å². The van der Waals surface area contributed by atoms with Crippen LogP contribution in [0.3, 0.4) is 0 Å². The second kappa shape index (κ2) is 6.40. The van der Waals surface area contributed by atoms with E-state index in [1.165, 1.54) is 13.4 Å². The highest BCUT2D eigenvalue weighted by molar-refractivity contribution is 5.73. The van der Waals surface area contributed by atoms with Crippen LogP contribution in [0.5, 0.6) is 5.88 Å². The van der Waals surface area contributed by atoms with Gasteiger partial charge in [0.25, 0.3) is 0 Å². The van der Waals surface area contributed by atoms with Crippen molar-refractivity contribution < 1.29 is 14.3 Å². The van der Waals surface area contributed by atoms with Gasteiger partial charge in [0, 0.05) is 13.1 Å². The summed E-state index contributed by atoms with van der Waals surface area (Å²) < 4.78 is 10.1. The number of nitrogen functional groups attached to an aromatic ring is 1. The standard InChI is InChI=1S/C13H20N4O3/c1-3-20-12-10(14)11(15-8-16-12)17-6-4-9(5-7-17)13(18)19-2/h8-9H,3-7,14H2,1-2H3. The average molecular weight is 280 g/mol. The molecule has 0 amide bonds. The Morgan fingerprint density at radius 1 is 1.45 bits per heavy atom. The minimum absolute atomic E-state index is 0.0364. The van der Waals surface area contributed by atoms with Gasteiger partial charge < -0.3 is 20.1 Å². The molecule has 0 radical (unpaired) electrons. The zero-order valence-corrected chi connectivity index (χ0v) is 11.8. The summed E-state index contributed by atoms with van der Waals surface area (Å²) in [5, 5.41) is 0. The van der Waals surface area contributed by atoms with Crippen LogP contribution in [0.1, 0.15) is 19.8 Å². The number of esters is 1. The van der Waals surface area contributed by atoms with Gasteiger partial charge in [0.1, 0.15) is 12.0 Å². The largest absolute Gasteiger partial charge is 0.476 e. The molecular weight excluding hydrogens is 260 g/mol. The van der Waals surface area contributed by atoms with Gasteiger partial charge in [-0.3, -0.25) is 4.79 Å². The molecule has 1 aliphatic heterocycles. The predicted octanol–water partition coefficient (Wildman–Crippen LogP) is 0.847. The van der Waals surface area contributed by atoms with Gasteiger partial charge in [-0.25, -0.2) is 4.98 Å². The third-order valence-electron chi connectivity index (χ3n) is 3.44. The van der Waals surface area contributed by atoms with Gasteiger partial charge in [-0.05, 0) is 19.8 Å². The van der Waals surface area contributed by atoms with Crippen molar-refractivity contribution in [1.82, 2.24) is 9.97 Å². The second-order valence-electron chi connectivity index (χ2n) is 4.63. The zero-order chi connectivity index (χ0) is 14.5. The monoisotopic (exact) mass is 280 g/mol. The highest BCUT2D eigenvalue weighted by Gasteiger charge is 2.27. The number of methoxy groups -OCH3 is 1. The van der Waals surface area contributed by atoms with Gasteiger partial charge >= 0.3 is 5.97 Å². The summed E-state index contributed by atoms with van der Waals surface area (Å²) in [4.78, 5) is 21.8. The summed E-state index contributed by atoms with van der Waals surface area (Å²) in [7, 11) is 1.42. The summed E-state index contributed by atoms with van der Waals surface area (Å²) in [6, 6.07) is 0. The van der Waals surface area contributed by atoms with Gasteiger partial charge in [0.15, 0.2) is 5.82 Å². The fourth-order valence-electron chi connectivity index (χ4n) is 2.37. The quantitative estimate of drug-likeness (QED) is 0.817. The van der Waals surface area contributed by atoms with Gasteiger partial charge in [-0.15, -0.1) is 0 Å². The Balaban J connectivity index is 2.07. The summed E-state index contributed by atoms with van der Waals surface area (Å²) in [5.74, 6) is 0.903. The van der Waals surface area contributed by atoms with E-state index in [0.717, 1.165) is 12.8 Å². The first-order valence-electron chi connectivity index (χ1n) is 6.73. The molecule has 0 atom stereocenters. The van der Waals surface area contributed by atoms with Gasteiger partial charge in [0.2, 0.25) is 5.88 Å². The maximum Gasteiger partial charge on any atom is 0.308 e. The molecule has 7 heteroatoms. The minimum Gasteiger partial charge on any atom is -0.476 e. The normalized spacial score (nSPS) is 16.0. The lowest BCUT2D eigenvalue weighted by Crippen LogP contribution is -2.37. The number of nitrogens with zero attached hydrogens (tertiary/aromatic N) is 3. The van der Waals surface area contributed by atoms with Crippen LogP contribution in [0.2, 0.25) is 0 Å². The molecule has 0 bridgehead atoms. The van der Waals surface area contributed by atoms with Crippen molar-refractivity contribution in [2.45, 2.75) is 19.8 Å². The van der Waals surface area contributed by atoms with E-state index >= 15 is 0 Å². The first-order chi connectivity index (χ1) is 9.67. The SMILES string of the molecule is CCOc1ncnc(N2CCC(C(=O)OC)CC2)c1N. The molecule has 0 aromatic carbocycles. The van der Waals surface area contributed by atoms with Crippen molar-refractivity contribution in [3.8, 4) is 5.88 Å². The lowest BCUT2D eigenvalue weighted by molar-refractivity contribution is -0.146. The van der Waals surface area contributed by atoms with Crippen molar-refractivity contribution in [2.75, 3.05) is 37.4 Å². The first kappa shape index (κ1) is 14.4. The predicted molar refractivity (Wildman–Crippen MR) is 74.6 cm³/mol. The molecule has 1 aromatic rings. The number of piperidine rings is 1. The molecule has 1 aliphatic rings. The van der Waals surface area contributed by atoms with Crippen LogP contribution >= 0.6 is 0 Å². The average Bonchev–Trinajstić information content (AvgIpc) is 2.49. The van der Waals surface area contributed by atoms with Crippen LogP contribution in [0.25, 0.3) is 0 Å².